The van der Waals surface area contributed by atoms with Crippen molar-refractivity contribution in [3.63, 3.8) is 0 Å². The van der Waals surface area contributed by atoms with Crippen LogP contribution in [0, 0.1) is 0 Å². The number of benzene rings is 1. The van der Waals surface area contributed by atoms with E-state index in [1.807, 2.05) is 0 Å². The number of hydrogen-bond acceptors (Lipinski definition) is 2. The van der Waals surface area contributed by atoms with Crippen LogP contribution in [0.25, 0.3) is 0 Å². The standard InChI is InChI=1S/C14H16F3NO2S/c1-13(2)9-18(6-7-21(13)20)12(19)10-4-3-5-11(8-10)14(15,16)17/h3-5,8H,6-7,9H2,1-2H3. The molecule has 1 aromatic carbocycles. The molecule has 1 fully saturated rings. The summed E-state index contributed by atoms with van der Waals surface area (Å²) in [6.07, 6.45) is -4.47. The molecule has 21 heavy (non-hydrogen) atoms. The van der Waals surface area contributed by atoms with Crippen molar-refractivity contribution in [3.05, 3.63) is 35.4 Å². The van der Waals surface area contributed by atoms with E-state index in [1.165, 1.54) is 17.0 Å². The van der Waals surface area contributed by atoms with Crippen molar-refractivity contribution in [1.82, 2.24) is 4.90 Å². The largest absolute Gasteiger partial charge is 0.416 e. The normalized spacial score (nSPS) is 22.1. The molecule has 3 nitrogen and oxygen atoms in total. The second kappa shape index (κ2) is 5.44. The zero-order valence-electron chi connectivity index (χ0n) is 11.7. The molecular weight excluding hydrogens is 303 g/mol. The van der Waals surface area contributed by atoms with Gasteiger partial charge >= 0.3 is 6.18 Å². The van der Waals surface area contributed by atoms with E-state index in [9.17, 15) is 22.2 Å². The number of halogens is 3. The first-order chi connectivity index (χ1) is 9.61. The van der Waals surface area contributed by atoms with Crippen LogP contribution in [0.15, 0.2) is 24.3 Å². The second-order valence-electron chi connectivity index (χ2n) is 5.61. The predicted molar refractivity (Wildman–Crippen MR) is 74.4 cm³/mol. The van der Waals surface area contributed by atoms with E-state index in [4.69, 9.17) is 0 Å². The van der Waals surface area contributed by atoms with Crippen LogP contribution < -0.4 is 0 Å². The fraction of sp³-hybridized carbons (Fsp3) is 0.500. The van der Waals surface area contributed by atoms with E-state index in [0.717, 1.165) is 12.1 Å². The second-order valence-corrected chi connectivity index (χ2v) is 7.82. The highest BCUT2D eigenvalue weighted by molar-refractivity contribution is 7.86. The summed E-state index contributed by atoms with van der Waals surface area (Å²) in [5.41, 5.74) is -0.832. The minimum atomic E-state index is -4.47. The lowest BCUT2D eigenvalue weighted by atomic mass is 10.1. The molecule has 0 aliphatic carbocycles. The molecule has 1 amide bonds. The molecule has 0 saturated carbocycles. The molecule has 1 aromatic rings. The Balaban J connectivity index is 2.23. The minimum absolute atomic E-state index is 0.00769. The van der Waals surface area contributed by atoms with E-state index in [2.05, 4.69) is 0 Å². The number of hydrogen-bond donors (Lipinski definition) is 0. The van der Waals surface area contributed by atoms with Gasteiger partial charge in [-0.1, -0.05) is 6.07 Å². The monoisotopic (exact) mass is 319 g/mol. The molecule has 2 rings (SSSR count). The highest BCUT2D eigenvalue weighted by atomic mass is 32.2. The van der Waals surface area contributed by atoms with Crippen LogP contribution in [0.4, 0.5) is 13.2 Å². The van der Waals surface area contributed by atoms with Gasteiger partial charge in [-0.25, -0.2) is 0 Å². The van der Waals surface area contributed by atoms with Gasteiger partial charge in [-0.15, -0.1) is 0 Å². The Kier molecular flexibility index (Phi) is 4.15. The Morgan fingerprint density at radius 3 is 2.57 bits per heavy atom. The van der Waals surface area contributed by atoms with Gasteiger partial charge in [-0.2, -0.15) is 13.2 Å². The van der Waals surface area contributed by atoms with E-state index in [0.29, 0.717) is 12.3 Å². The Bertz CT molecular complexity index is 584. The first-order valence-corrected chi connectivity index (χ1v) is 7.78. The highest BCUT2D eigenvalue weighted by Crippen LogP contribution is 2.30. The molecule has 7 heteroatoms. The Morgan fingerprint density at radius 2 is 2.00 bits per heavy atom. The fourth-order valence-electron chi connectivity index (χ4n) is 2.26. The third kappa shape index (κ3) is 3.45. The summed E-state index contributed by atoms with van der Waals surface area (Å²) < 4.78 is 49.3. The molecule has 1 aliphatic rings. The molecule has 0 radical (unpaired) electrons. The van der Waals surface area contributed by atoms with Crippen LogP contribution in [0.5, 0.6) is 0 Å². The van der Waals surface area contributed by atoms with Gasteiger partial charge in [0, 0.05) is 35.2 Å². The molecule has 1 unspecified atom stereocenters. The molecule has 1 aliphatic heterocycles. The summed E-state index contributed by atoms with van der Waals surface area (Å²) in [7, 11) is -1.04. The van der Waals surface area contributed by atoms with Gasteiger partial charge in [-0.3, -0.25) is 9.00 Å². The third-order valence-corrected chi connectivity index (χ3v) is 5.37. The summed E-state index contributed by atoms with van der Waals surface area (Å²) in [4.78, 5) is 13.8. The van der Waals surface area contributed by atoms with Gasteiger partial charge in [0.05, 0.1) is 10.3 Å². The van der Waals surface area contributed by atoms with Crippen molar-refractivity contribution < 1.29 is 22.2 Å². The number of carbonyl (C=O) groups is 1. The van der Waals surface area contributed by atoms with Gasteiger partial charge in [0.25, 0.3) is 5.91 Å². The van der Waals surface area contributed by atoms with E-state index in [1.54, 1.807) is 13.8 Å². The fourth-order valence-corrected chi connectivity index (χ4v) is 3.50. The highest BCUT2D eigenvalue weighted by Gasteiger charge is 2.36. The first-order valence-electron chi connectivity index (χ1n) is 6.46. The first kappa shape index (κ1) is 16.0. The van der Waals surface area contributed by atoms with Crippen LogP contribution in [-0.2, 0) is 17.0 Å². The Morgan fingerprint density at radius 1 is 1.33 bits per heavy atom. The summed E-state index contributed by atoms with van der Waals surface area (Å²) in [6, 6.07) is 4.40. The number of alkyl halides is 3. The summed E-state index contributed by atoms with van der Waals surface area (Å²) in [6.45, 7) is 4.14. The van der Waals surface area contributed by atoms with Crippen LogP contribution in [0.3, 0.4) is 0 Å². The van der Waals surface area contributed by atoms with Gasteiger partial charge in [0.15, 0.2) is 0 Å². The molecule has 1 saturated heterocycles. The van der Waals surface area contributed by atoms with Crippen LogP contribution in [0.2, 0.25) is 0 Å². The molecular formula is C14H16F3NO2S. The van der Waals surface area contributed by atoms with Crippen molar-refractivity contribution in [3.8, 4) is 0 Å². The molecule has 0 N–H and O–H groups in total. The minimum Gasteiger partial charge on any atom is -0.336 e. The molecule has 0 aromatic heterocycles. The zero-order valence-corrected chi connectivity index (χ0v) is 12.6. The molecule has 0 spiro atoms. The number of amides is 1. The molecule has 116 valence electrons. The topological polar surface area (TPSA) is 37.4 Å². The van der Waals surface area contributed by atoms with Crippen molar-refractivity contribution >= 4 is 16.7 Å². The predicted octanol–water partition coefficient (Wildman–Crippen LogP) is 2.69. The lowest BCUT2D eigenvalue weighted by Gasteiger charge is -2.37. The SMILES string of the molecule is CC1(C)CN(C(=O)c2cccc(C(F)(F)F)c2)CCS1=O. The quantitative estimate of drug-likeness (QED) is 0.798. The van der Waals surface area contributed by atoms with Crippen molar-refractivity contribution in [1.29, 1.82) is 0 Å². The van der Waals surface area contributed by atoms with E-state index < -0.39 is 33.2 Å². The maximum Gasteiger partial charge on any atom is 0.416 e. The van der Waals surface area contributed by atoms with E-state index >= 15 is 0 Å². The lowest BCUT2D eigenvalue weighted by Crippen LogP contribution is -2.52. The summed E-state index contributed by atoms with van der Waals surface area (Å²) in [5.74, 6) is -0.108. The van der Waals surface area contributed by atoms with Gasteiger partial charge in [0.1, 0.15) is 0 Å². The van der Waals surface area contributed by atoms with E-state index in [-0.39, 0.29) is 12.1 Å². The van der Waals surface area contributed by atoms with Crippen molar-refractivity contribution in [2.24, 2.45) is 0 Å². The summed E-state index contributed by atoms with van der Waals surface area (Å²) >= 11 is 0. The van der Waals surface area contributed by atoms with Crippen LogP contribution in [-0.4, -0.2) is 38.6 Å². The maximum absolute atomic E-state index is 12.7. The Labute approximate surface area is 123 Å². The summed E-state index contributed by atoms with van der Waals surface area (Å²) in [5, 5.41) is 0. The average Bonchev–Trinajstić information content (AvgIpc) is 2.40. The smallest absolute Gasteiger partial charge is 0.336 e. The molecule has 1 heterocycles. The van der Waals surface area contributed by atoms with Gasteiger partial charge < -0.3 is 4.90 Å². The number of carbonyl (C=O) groups excluding carboxylic acids is 1. The van der Waals surface area contributed by atoms with Crippen LogP contribution in [0.1, 0.15) is 29.8 Å². The third-order valence-electron chi connectivity index (χ3n) is 3.46. The van der Waals surface area contributed by atoms with Gasteiger partial charge in [-0.05, 0) is 32.0 Å². The van der Waals surface area contributed by atoms with Crippen molar-refractivity contribution in [2.75, 3.05) is 18.8 Å². The molecule has 1 atom stereocenters. The average molecular weight is 319 g/mol. The van der Waals surface area contributed by atoms with Gasteiger partial charge in [0.2, 0.25) is 0 Å². The zero-order chi connectivity index (χ0) is 15.8. The Hall–Kier alpha value is -1.37. The maximum atomic E-state index is 12.7. The van der Waals surface area contributed by atoms with Crippen molar-refractivity contribution in [2.45, 2.75) is 24.8 Å². The van der Waals surface area contributed by atoms with Crippen LogP contribution >= 0.6 is 0 Å². The lowest BCUT2D eigenvalue weighted by molar-refractivity contribution is -0.137. The molecule has 0 bridgehead atoms. The number of rotatable bonds is 1. The number of nitrogens with zero attached hydrogens (tertiary/aromatic N) is 1.